The second kappa shape index (κ2) is 9.19. The molecular formula is C17H15N3O9S. The third kappa shape index (κ3) is 5.65. The van der Waals surface area contributed by atoms with Crippen LogP contribution in [0.25, 0.3) is 0 Å². The van der Waals surface area contributed by atoms with Gasteiger partial charge in [-0.05, 0) is 31.2 Å². The van der Waals surface area contributed by atoms with Gasteiger partial charge < -0.3 is 4.74 Å². The molecule has 30 heavy (non-hydrogen) atoms. The highest BCUT2D eigenvalue weighted by Crippen LogP contribution is 2.16. The molecule has 1 N–H and O–H groups in total. The molecule has 0 spiro atoms. The van der Waals surface area contributed by atoms with E-state index >= 15 is 0 Å². The number of non-ortho nitro benzene ring substituents is 2. The number of ether oxygens (including phenoxy) is 1. The summed E-state index contributed by atoms with van der Waals surface area (Å²) in [6.07, 6.45) is 0. The van der Waals surface area contributed by atoms with Crippen molar-refractivity contribution in [2.75, 3.05) is 6.61 Å². The summed E-state index contributed by atoms with van der Waals surface area (Å²) in [5.74, 6) is -1.67. The molecule has 2 aromatic rings. The summed E-state index contributed by atoms with van der Waals surface area (Å²) in [6, 6.07) is 7.32. The monoisotopic (exact) mass is 437 g/mol. The van der Waals surface area contributed by atoms with Crippen molar-refractivity contribution in [2.45, 2.75) is 17.9 Å². The lowest BCUT2D eigenvalue weighted by Gasteiger charge is -2.13. The fourth-order valence-electron chi connectivity index (χ4n) is 2.21. The number of nitro groups is 2. The number of carbonyl (C=O) groups excluding carboxylic acids is 2. The van der Waals surface area contributed by atoms with Crippen LogP contribution in [-0.2, 0) is 19.6 Å². The molecular weight excluding hydrogens is 422 g/mol. The van der Waals surface area contributed by atoms with Gasteiger partial charge >= 0.3 is 5.97 Å². The summed E-state index contributed by atoms with van der Waals surface area (Å²) < 4.78 is 31.4. The van der Waals surface area contributed by atoms with Crippen LogP contribution < -0.4 is 4.72 Å². The van der Waals surface area contributed by atoms with Crippen LogP contribution >= 0.6 is 0 Å². The Balaban J connectivity index is 1.95. The Labute approximate surface area is 169 Å². The Morgan fingerprint density at radius 1 is 0.967 bits per heavy atom. The first-order valence-electron chi connectivity index (χ1n) is 8.22. The van der Waals surface area contributed by atoms with E-state index in [0.717, 1.165) is 36.4 Å². The molecule has 13 heteroatoms. The van der Waals surface area contributed by atoms with Crippen molar-refractivity contribution in [3.05, 3.63) is 74.3 Å². The number of nitrogens with one attached hydrogen (secondary N) is 1. The number of carbonyl (C=O) groups is 2. The molecule has 0 aliphatic rings. The molecule has 2 aromatic carbocycles. The Bertz CT molecular complexity index is 1080. The van der Waals surface area contributed by atoms with Gasteiger partial charge in [-0.1, -0.05) is 0 Å². The Morgan fingerprint density at radius 3 is 1.90 bits per heavy atom. The lowest BCUT2D eigenvalue weighted by molar-refractivity contribution is -0.385. The van der Waals surface area contributed by atoms with Crippen LogP contribution in [0, 0.1) is 20.2 Å². The van der Waals surface area contributed by atoms with Gasteiger partial charge in [0, 0.05) is 29.8 Å². The Hall–Kier alpha value is -3.71. The van der Waals surface area contributed by atoms with Crippen molar-refractivity contribution in [1.82, 2.24) is 4.72 Å². The number of rotatable bonds is 9. The van der Waals surface area contributed by atoms with E-state index < -0.39 is 44.3 Å². The fraction of sp³-hybridized carbons (Fsp3) is 0.176. The lowest BCUT2D eigenvalue weighted by Crippen LogP contribution is -2.40. The Kier molecular flexibility index (Phi) is 6.92. The van der Waals surface area contributed by atoms with E-state index in [1.54, 1.807) is 0 Å². The summed E-state index contributed by atoms with van der Waals surface area (Å²) in [6.45, 7) is 0.502. The first-order chi connectivity index (χ1) is 14.0. The van der Waals surface area contributed by atoms with Gasteiger partial charge in [-0.2, -0.15) is 4.72 Å². The quantitative estimate of drug-likeness (QED) is 0.264. The van der Waals surface area contributed by atoms with Crippen molar-refractivity contribution >= 4 is 33.2 Å². The second-order valence-electron chi connectivity index (χ2n) is 5.93. The maximum Gasteiger partial charge on any atom is 0.324 e. The summed E-state index contributed by atoms with van der Waals surface area (Å²) in [4.78, 5) is 43.6. The molecule has 0 fully saturated rings. The molecule has 0 aliphatic heterocycles. The van der Waals surface area contributed by atoms with Gasteiger partial charge in [-0.3, -0.25) is 29.8 Å². The summed E-state index contributed by atoms with van der Waals surface area (Å²) in [7, 11) is -4.17. The van der Waals surface area contributed by atoms with Crippen LogP contribution in [0.3, 0.4) is 0 Å². The second-order valence-corrected chi connectivity index (χ2v) is 7.64. The van der Waals surface area contributed by atoms with Crippen LogP contribution in [0.15, 0.2) is 53.4 Å². The zero-order valence-electron chi connectivity index (χ0n) is 15.4. The van der Waals surface area contributed by atoms with E-state index in [0.29, 0.717) is 0 Å². The van der Waals surface area contributed by atoms with Gasteiger partial charge in [0.25, 0.3) is 11.4 Å². The van der Waals surface area contributed by atoms with Crippen molar-refractivity contribution in [3.63, 3.8) is 0 Å². The van der Waals surface area contributed by atoms with Gasteiger partial charge in [0.2, 0.25) is 10.0 Å². The van der Waals surface area contributed by atoms with Crippen molar-refractivity contribution in [1.29, 1.82) is 0 Å². The standard InChI is InChI=1S/C17H15N3O9S/c1-11(18-30(27,28)15-8-6-14(7-9-15)20(25)26)17(22)29-10-16(21)12-2-4-13(5-3-12)19(23)24/h2-9,11,18H,10H2,1H3/t11-/m1/s1. The summed E-state index contributed by atoms with van der Waals surface area (Å²) in [5.41, 5.74) is -0.434. The molecule has 0 bridgehead atoms. The molecule has 12 nitrogen and oxygen atoms in total. The molecule has 158 valence electrons. The maximum atomic E-state index is 12.3. The van der Waals surface area contributed by atoms with Gasteiger partial charge in [0.1, 0.15) is 6.04 Å². The largest absolute Gasteiger partial charge is 0.456 e. The summed E-state index contributed by atoms with van der Waals surface area (Å²) in [5, 5.41) is 21.2. The molecule has 0 radical (unpaired) electrons. The van der Waals surface area contributed by atoms with E-state index in [-0.39, 0.29) is 21.8 Å². The number of hydrogen-bond acceptors (Lipinski definition) is 9. The van der Waals surface area contributed by atoms with Crippen LogP contribution in [0.1, 0.15) is 17.3 Å². The van der Waals surface area contributed by atoms with E-state index in [4.69, 9.17) is 4.74 Å². The number of sulfonamides is 1. The number of nitro benzene ring substituents is 2. The lowest BCUT2D eigenvalue weighted by atomic mass is 10.1. The fourth-order valence-corrected chi connectivity index (χ4v) is 3.40. The first kappa shape index (κ1) is 22.6. The van der Waals surface area contributed by atoms with Crippen molar-refractivity contribution < 1.29 is 32.6 Å². The van der Waals surface area contributed by atoms with Crippen LogP contribution in [-0.4, -0.2) is 42.7 Å². The molecule has 0 aromatic heterocycles. The van der Waals surface area contributed by atoms with E-state index in [1.165, 1.54) is 19.1 Å². The van der Waals surface area contributed by atoms with E-state index in [1.807, 2.05) is 4.72 Å². The highest BCUT2D eigenvalue weighted by molar-refractivity contribution is 7.89. The number of hydrogen-bond donors (Lipinski definition) is 1. The average molecular weight is 437 g/mol. The predicted molar refractivity (Wildman–Crippen MR) is 101 cm³/mol. The molecule has 0 heterocycles. The van der Waals surface area contributed by atoms with Crippen LogP contribution in [0.4, 0.5) is 11.4 Å². The van der Waals surface area contributed by atoms with Gasteiger partial charge in [0.05, 0.1) is 14.7 Å². The zero-order valence-corrected chi connectivity index (χ0v) is 16.2. The van der Waals surface area contributed by atoms with Gasteiger partial charge in [0.15, 0.2) is 12.4 Å². The average Bonchev–Trinajstić information content (AvgIpc) is 2.71. The maximum absolute atomic E-state index is 12.3. The zero-order chi connectivity index (χ0) is 22.5. The van der Waals surface area contributed by atoms with Crippen molar-refractivity contribution in [2.24, 2.45) is 0 Å². The third-order valence-corrected chi connectivity index (χ3v) is 5.35. The highest BCUT2D eigenvalue weighted by Gasteiger charge is 2.24. The van der Waals surface area contributed by atoms with E-state index in [9.17, 15) is 38.2 Å². The van der Waals surface area contributed by atoms with Crippen LogP contribution in [0.2, 0.25) is 0 Å². The number of nitrogens with zero attached hydrogens (tertiary/aromatic N) is 2. The molecule has 0 unspecified atom stereocenters. The first-order valence-corrected chi connectivity index (χ1v) is 9.70. The smallest absolute Gasteiger partial charge is 0.324 e. The Morgan fingerprint density at radius 2 is 1.43 bits per heavy atom. The van der Waals surface area contributed by atoms with Crippen LogP contribution in [0.5, 0.6) is 0 Å². The number of esters is 1. The number of ketones is 1. The normalized spacial score (nSPS) is 12.0. The molecule has 0 saturated carbocycles. The number of Topliss-reactive ketones (excluding diaryl/α,β-unsaturated/α-hetero) is 1. The highest BCUT2D eigenvalue weighted by atomic mass is 32.2. The third-order valence-electron chi connectivity index (χ3n) is 3.79. The van der Waals surface area contributed by atoms with Gasteiger partial charge in [-0.15, -0.1) is 0 Å². The topological polar surface area (TPSA) is 176 Å². The minimum Gasteiger partial charge on any atom is -0.456 e. The molecule has 1 atom stereocenters. The molecule has 0 saturated heterocycles. The molecule has 2 rings (SSSR count). The van der Waals surface area contributed by atoms with Gasteiger partial charge in [-0.25, -0.2) is 8.42 Å². The molecule has 0 amide bonds. The minimum atomic E-state index is -4.17. The summed E-state index contributed by atoms with van der Waals surface area (Å²) >= 11 is 0. The SMILES string of the molecule is C[C@@H](NS(=O)(=O)c1ccc([N+](=O)[O-])cc1)C(=O)OCC(=O)c1ccc([N+](=O)[O-])cc1. The number of benzene rings is 2. The van der Waals surface area contributed by atoms with E-state index in [2.05, 4.69) is 0 Å². The molecule has 0 aliphatic carbocycles. The van der Waals surface area contributed by atoms with Crippen molar-refractivity contribution in [3.8, 4) is 0 Å². The minimum absolute atomic E-state index is 0.0764. The predicted octanol–water partition coefficient (Wildman–Crippen LogP) is 1.60.